The Bertz CT molecular complexity index is 208. The third-order valence-corrected chi connectivity index (χ3v) is 3.38. The van der Waals surface area contributed by atoms with Crippen molar-refractivity contribution in [2.24, 2.45) is 0 Å². The van der Waals surface area contributed by atoms with E-state index in [1.807, 2.05) is 6.08 Å². The predicted octanol–water partition coefficient (Wildman–Crippen LogP) is 3.54. The lowest BCUT2D eigenvalue weighted by Crippen LogP contribution is -2.09. The van der Waals surface area contributed by atoms with Crippen molar-refractivity contribution in [1.82, 2.24) is 0 Å². The van der Waals surface area contributed by atoms with Crippen molar-refractivity contribution in [3.8, 4) is 0 Å². The van der Waals surface area contributed by atoms with E-state index in [1.54, 1.807) is 0 Å². The normalized spacial score (nSPS) is 19.2. The van der Waals surface area contributed by atoms with Crippen LogP contribution in [-0.4, -0.2) is 11.2 Å². The molecule has 0 spiro atoms. The molecule has 1 aliphatic carbocycles. The number of allylic oxidation sites excluding steroid dienone is 2. The van der Waals surface area contributed by atoms with Gasteiger partial charge in [-0.3, -0.25) is 0 Å². The highest BCUT2D eigenvalue weighted by Crippen LogP contribution is 2.33. The monoisotopic (exact) mass is 244 g/mol. The van der Waals surface area contributed by atoms with Gasteiger partial charge < -0.3 is 5.11 Å². The van der Waals surface area contributed by atoms with E-state index in [4.69, 9.17) is 0 Å². The van der Waals surface area contributed by atoms with Gasteiger partial charge in [0.05, 0.1) is 6.10 Å². The van der Waals surface area contributed by atoms with Crippen LogP contribution in [0, 0.1) is 0 Å². The Morgan fingerprint density at radius 1 is 1.54 bits per heavy atom. The molecule has 1 nitrogen and oxygen atoms in total. The summed E-state index contributed by atoms with van der Waals surface area (Å²) in [5, 5.41) is 9.82. The Morgan fingerprint density at radius 3 is 2.85 bits per heavy atom. The Hall–Kier alpha value is -0.0800. The fourth-order valence-corrected chi connectivity index (χ4v) is 2.45. The molecule has 1 N–H and O–H groups in total. The van der Waals surface area contributed by atoms with Crippen molar-refractivity contribution in [2.75, 3.05) is 0 Å². The van der Waals surface area contributed by atoms with Gasteiger partial charge in [0.15, 0.2) is 0 Å². The molecule has 0 aromatic carbocycles. The Labute approximate surface area is 88.7 Å². The average Bonchev–Trinajstić information content (AvgIpc) is 2.52. The lowest BCUT2D eigenvalue weighted by Gasteiger charge is -2.11. The van der Waals surface area contributed by atoms with Crippen LogP contribution >= 0.6 is 15.9 Å². The first kappa shape index (κ1) is 11.0. The number of aliphatic hydroxyl groups excluding tert-OH is 1. The molecule has 0 radical (unpaired) electrons. The minimum Gasteiger partial charge on any atom is -0.389 e. The third kappa shape index (κ3) is 3.28. The van der Waals surface area contributed by atoms with Crippen LogP contribution in [0.25, 0.3) is 0 Å². The molecule has 0 saturated heterocycles. The van der Waals surface area contributed by atoms with Crippen molar-refractivity contribution in [3.05, 3.63) is 22.7 Å². The minimum absolute atomic E-state index is 0.225. The quantitative estimate of drug-likeness (QED) is 0.580. The van der Waals surface area contributed by atoms with Crippen LogP contribution in [0.5, 0.6) is 0 Å². The van der Waals surface area contributed by atoms with E-state index in [9.17, 15) is 5.11 Å². The van der Waals surface area contributed by atoms with Crippen LogP contribution in [0.3, 0.4) is 0 Å². The SMILES string of the molecule is C=CCCCC(O)C1=C(Br)CCC1. The molecule has 0 heterocycles. The first-order chi connectivity index (χ1) is 6.25. The molecule has 0 aromatic rings. The van der Waals surface area contributed by atoms with Crippen molar-refractivity contribution in [2.45, 2.75) is 44.6 Å². The van der Waals surface area contributed by atoms with Crippen LogP contribution < -0.4 is 0 Å². The first-order valence-electron chi connectivity index (χ1n) is 4.92. The van der Waals surface area contributed by atoms with Crippen molar-refractivity contribution < 1.29 is 5.11 Å². The maximum absolute atomic E-state index is 9.82. The topological polar surface area (TPSA) is 20.2 Å². The number of rotatable bonds is 5. The summed E-state index contributed by atoms with van der Waals surface area (Å²) in [6.45, 7) is 3.67. The molecule has 1 unspecified atom stereocenters. The molecule has 74 valence electrons. The summed E-state index contributed by atoms with van der Waals surface area (Å²) in [7, 11) is 0. The van der Waals surface area contributed by atoms with Gasteiger partial charge in [0.2, 0.25) is 0 Å². The number of hydrogen-bond donors (Lipinski definition) is 1. The largest absolute Gasteiger partial charge is 0.389 e. The molecule has 0 fully saturated rings. The molecule has 2 heteroatoms. The van der Waals surface area contributed by atoms with Crippen molar-refractivity contribution in [3.63, 3.8) is 0 Å². The summed E-state index contributed by atoms with van der Waals surface area (Å²) in [5.41, 5.74) is 1.23. The Morgan fingerprint density at radius 2 is 2.31 bits per heavy atom. The number of aliphatic hydroxyl groups is 1. The van der Waals surface area contributed by atoms with Gasteiger partial charge in [-0.2, -0.15) is 0 Å². The molecule has 0 bridgehead atoms. The summed E-state index contributed by atoms with van der Waals surface area (Å²) < 4.78 is 1.23. The molecule has 0 saturated carbocycles. The first-order valence-corrected chi connectivity index (χ1v) is 5.71. The molecule has 1 atom stereocenters. The van der Waals surface area contributed by atoms with Crippen LogP contribution in [0.15, 0.2) is 22.7 Å². The van der Waals surface area contributed by atoms with E-state index in [-0.39, 0.29) is 6.10 Å². The van der Waals surface area contributed by atoms with E-state index in [2.05, 4.69) is 22.5 Å². The predicted molar refractivity (Wildman–Crippen MR) is 59.9 cm³/mol. The van der Waals surface area contributed by atoms with Gasteiger partial charge in [-0.05, 0) is 48.6 Å². The second kappa shape index (κ2) is 5.61. The number of halogens is 1. The Kier molecular flexibility index (Phi) is 4.74. The van der Waals surface area contributed by atoms with Gasteiger partial charge >= 0.3 is 0 Å². The molecular weight excluding hydrogens is 228 g/mol. The van der Waals surface area contributed by atoms with Crippen molar-refractivity contribution >= 4 is 15.9 Å². The van der Waals surface area contributed by atoms with Crippen LogP contribution in [-0.2, 0) is 0 Å². The van der Waals surface area contributed by atoms with Gasteiger partial charge in [-0.1, -0.05) is 22.0 Å². The molecule has 1 rings (SSSR count). The molecule has 1 aliphatic rings. The Balaban J connectivity index is 2.34. The second-order valence-electron chi connectivity index (χ2n) is 3.52. The lowest BCUT2D eigenvalue weighted by atomic mass is 10.0. The zero-order chi connectivity index (χ0) is 9.68. The van der Waals surface area contributed by atoms with Gasteiger partial charge in [0.1, 0.15) is 0 Å². The summed E-state index contributed by atoms with van der Waals surface area (Å²) in [5.74, 6) is 0. The number of unbranched alkanes of at least 4 members (excludes halogenated alkanes) is 1. The average molecular weight is 245 g/mol. The standard InChI is InChI=1S/C11H17BrO/c1-2-3-4-8-11(13)9-6-5-7-10(9)12/h2,11,13H,1,3-8H2. The zero-order valence-corrected chi connectivity index (χ0v) is 9.52. The summed E-state index contributed by atoms with van der Waals surface area (Å²) in [6.07, 6.45) is 7.95. The van der Waals surface area contributed by atoms with Gasteiger partial charge in [0.25, 0.3) is 0 Å². The molecule has 13 heavy (non-hydrogen) atoms. The molecule has 0 aromatic heterocycles. The minimum atomic E-state index is -0.225. The highest BCUT2D eigenvalue weighted by atomic mass is 79.9. The van der Waals surface area contributed by atoms with E-state index >= 15 is 0 Å². The fourth-order valence-electron chi connectivity index (χ4n) is 1.71. The van der Waals surface area contributed by atoms with Crippen molar-refractivity contribution in [1.29, 1.82) is 0 Å². The summed E-state index contributed by atoms with van der Waals surface area (Å²) >= 11 is 3.51. The van der Waals surface area contributed by atoms with Crippen LogP contribution in [0.4, 0.5) is 0 Å². The highest BCUT2D eigenvalue weighted by Gasteiger charge is 2.18. The smallest absolute Gasteiger partial charge is 0.0760 e. The van der Waals surface area contributed by atoms with E-state index in [1.165, 1.54) is 16.5 Å². The lowest BCUT2D eigenvalue weighted by molar-refractivity contribution is 0.195. The van der Waals surface area contributed by atoms with Gasteiger partial charge in [0, 0.05) is 0 Å². The zero-order valence-electron chi connectivity index (χ0n) is 7.93. The molecular formula is C11H17BrO. The summed E-state index contributed by atoms with van der Waals surface area (Å²) in [4.78, 5) is 0. The maximum atomic E-state index is 9.82. The summed E-state index contributed by atoms with van der Waals surface area (Å²) in [6, 6.07) is 0. The van der Waals surface area contributed by atoms with Crippen LogP contribution in [0.2, 0.25) is 0 Å². The molecule has 0 aliphatic heterocycles. The van der Waals surface area contributed by atoms with E-state index in [0.717, 1.165) is 32.1 Å². The molecule has 0 amide bonds. The highest BCUT2D eigenvalue weighted by molar-refractivity contribution is 9.11. The van der Waals surface area contributed by atoms with Gasteiger partial charge in [-0.25, -0.2) is 0 Å². The fraction of sp³-hybridized carbons (Fsp3) is 0.636. The number of hydrogen-bond acceptors (Lipinski definition) is 1. The van der Waals surface area contributed by atoms with Gasteiger partial charge in [-0.15, -0.1) is 6.58 Å². The maximum Gasteiger partial charge on any atom is 0.0760 e. The van der Waals surface area contributed by atoms with E-state index in [0.29, 0.717) is 0 Å². The third-order valence-electron chi connectivity index (χ3n) is 2.48. The van der Waals surface area contributed by atoms with E-state index < -0.39 is 0 Å². The van der Waals surface area contributed by atoms with Crippen LogP contribution in [0.1, 0.15) is 38.5 Å². The second-order valence-corrected chi connectivity index (χ2v) is 4.48.